The standard InChI is InChI=1S/C12H8ClOP/c13-15-12-8-4-2-6-10(12)9-5-1-3-7-11(9)14-15/h1-8H. The van der Waals surface area contributed by atoms with Gasteiger partial charge in [0.1, 0.15) is 5.75 Å². The van der Waals surface area contributed by atoms with E-state index < -0.39 is 7.50 Å². The summed E-state index contributed by atoms with van der Waals surface area (Å²) < 4.78 is 5.69. The number of hydrogen-bond donors (Lipinski definition) is 0. The molecular formula is C12H8ClOP. The lowest BCUT2D eigenvalue weighted by Gasteiger charge is -2.23. The number of hydrogen-bond acceptors (Lipinski definition) is 1. The second-order valence-electron chi connectivity index (χ2n) is 3.35. The maximum absolute atomic E-state index is 6.22. The van der Waals surface area contributed by atoms with Crippen LogP contribution in [0.2, 0.25) is 0 Å². The van der Waals surface area contributed by atoms with Gasteiger partial charge in [0.2, 0.25) is 7.50 Å². The summed E-state index contributed by atoms with van der Waals surface area (Å²) in [4.78, 5) is 0. The molecule has 0 saturated carbocycles. The van der Waals surface area contributed by atoms with Crippen LogP contribution in [0.4, 0.5) is 0 Å². The Kier molecular flexibility index (Phi) is 2.16. The predicted molar refractivity (Wildman–Crippen MR) is 64.9 cm³/mol. The van der Waals surface area contributed by atoms with Crippen LogP contribution in [0.5, 0.6) is 5.75 Å². The molecule has 1 nitrogen and oxygen atoms in total. The van der Waals surface area contributed by atoms with Crippen LogP contribution < -0.4 is 9.83 Å². The summed E-state index contributed by atoms with van der Waals surface area (Å²) in [6, 6.07) is 16.2. The van der Waals surface area contributed by atoms with Crippen molar-refractivity contribution in [3.8, 4) is 16.9 Å². The van der Waals surface area contributed by atoms with Gasteiger partial charge in [0.15, 0.2) is 0 Å². The number of rotatable bonds is 0. The van der Waals surface area contributed by atoms with Crippen LogP contribution in [0.15, 0.2) is 48.5 Å². The molecule has 1 aliphatic heterocycles. The third-order valence-corrected chi connectivity index (χ3v) is 4.33. The minimum atomic E-state index is -1.02. The van der Waals surface area contributed by atoms with Gasteiger partial charge >= 0.3 is 0 Å². The Bertz CT molecular complexity index is 512. The molecule has 0 N–H and O–H groups in total. The van der Waals surface area contributed by atoms with E-state index in [4.69, 9.17) is 15.8 Å². The maximum Gasteiger partial charge on any atom is 0.215 e. The highest BCUT2D eigenvalue weighted by Crippen LogP contribution is 2.51. The third kappa shape index (κ3) is 1.43. The minimum Gasteiger partial charge on any atom is -0.453 e. The molecule has 74 valence electrons. The maximum atomic E-state index is 6.22. The van der Waals surface area contributed by atoms with Crippen molar-refractivity contribution >= 4 is 24.0 Å². The van der Waals surface area contributed by atoms with Crippen molar-refractivity contribution < 1.29 is 4.52 Å². The molecule has 0 bridgehead atoms. The Morgan fingerprint density at radius 2 is 1.53 bits per heavy atom. The average molecular weight is 235 g/mol. The summed E-state index contributed by atoms with van der Waals surface area (Å²) >= 11 is 6.22. The van der Waals surface area contributed by atoms with E-state index in [2.05, 4.69) is 12.1 Å². The van der Waals surface area contributed by atoms with Crippen molar-refractivity contribution in [2.45, 2.75) is 0 Å². The fourth-order valence-corrected chi connectivity index (χ4v) is 3.44. The van der Waals surface area contributed by atoms with Gasteiger partial charge in [0.25, 0.3) is 0 Å². The van der Waals surface area contributed by atoms with E-state index in [-0.39, 0.29) is 0 Å². The molecule has 0 aromatic heterocycles. The van der Waals surface area contributed by atoms with Gasteiger partial charge in [-0.15, -0.1) is 0 Å². The van der Waals surface area contributed by atoms with Crippen molar-refractivity contribution in [3.63, 3.8) is 0 Å². The summed E-state index contributed by atoms with van der Waals surface area (Å²) in [6.45, 7) is 0. The highest BCUT2D eigenvalue weighted by molar-refractivity contribution is 7.86. The first-order chi connectivity index (χ1) is 7.36. The topological polar surface area (TPSA) is 9.23 Å². The summed E-state index contributed by atoms with van der Waals surface area (Å²) in [5.74, 6) is 0.886. The molecule has 1 aliphatic rings. The molecule has 1 heterocycles. The molecule has 0 amide bonds. The van der Waals surface area contributed by atoms with Crippen molar-refractivity contribution in [2.24, 2.45) is 0 Å². The van der Waals surface area contributed by atoms with E-state index >= 15 is 0 Å². The summed E-state index contributed by atoms with van der Waals surface area (Å²) in [7, 11) is -1.02. The van der Waals surface area contributed by atoms with Gasteiger partial charge in [-0.3, -0.25) is 0 Å². The second kappa shape index (κ2) is 3.52. The van der Waals surface area contributed by atoms with Gasteiger partial charge in [0.05, 0.1) is 0 Å². The molecular weight excluding hydrogens is 227 g/mol. The fourth-order valence-electron chi connectivity index (χ4n) is 1.76. The van der Waals surface area contributed by atoms with Crippen molar-refractivity contribution in [3.05, 3.63) is 48.5 Å². The number of para-hydroxylation sites is 1. The summed E-state index contributed by atoms with van der Waals surface area (Å²) in [6.07, 6.45) is 0. The molecule has 3 rings (SSSR count). The highest BCUT2D eigenvalue weighted by Gasteiger charge is 2.23. The van der Waals surface area contributed by atoms with Crippen LogP contribution in [-0.4, -0.2) is 0 Å². The quantitative estimate of drug-likeness (QED) is 0.628. The molecule has 0 saturated heterocycles. The lowest BCUT2D eigenvalue weighted by atomic mass is 10.0. The van der Waals surface area contributed by atoms with Crippen molar-refractivity contribution in [1.29, 1.82) is 0 Å². The molecule has 2 aromatic rings. The Morgan fingerprint density at radius 3 is 2.40 bits per heavy atom. The molecule has 1 unspecified atom stereocenters. The summed E-state index contributed by atoms with van der Waals surface area (Å²) in [5.41, 5.74) is 2.33. The van der Waals surface area contributed by atoms with Gasteiger partial charge in [0, 0.05) is 10.9 Å². The van der Waals surface area contributed by atoms with Crippen molar-refractivity contribution in [2.75, 3.05) is 0 Å². The van der Waals surface area contributed by atoms with Gasteiger partial charge in [-0.2, -0.15) is 0 Å². The Hall–Kier alpha value is -1.04. The van der Waals surface area contributed by atoms with Crippen LogP contribution in [0.25, 0.3) is 11.1 Å². The van der Waals surface area contributed by atoms with Crippen LogP contribution in [0.3, 0.4) is 0 Å². The van der Waals surface area contributed by atoms with E-state index in [1.54, 1.807) is 0 Å². The average Bonchev–Trinajstić information content (AvgIpc) is 2.30. The molecule has 2 aromatic carbocycles. The Labute approximate surface area is 94.3 Å². The van der Waals surface area contributed by atoms with Gasteiger partial charge < -0.3 is 4.52 Å². The lowest BCUT2D eigenvalue weighted by Crippen LogP contribution is -2.10. The van der Waals surface area contributed by atoms with Gasteiger partial charge in [-0.05, 0) is 28.9 Å². The molecule has 0 fully saturated rings. The molecule has 0 aliphatic carbocycles. The molecule has 1 atom stereocenters. The largest absolute Gasteiger partial charge is 0.453 e. The number of fused-ring (bicyclic) bond motifs is 3. The first-order valence-corrected chi connectivity index (χ1v) is 6.85. The number of halogens is 1. The second-order valence-corrected chi connectivity index (χ2v) is 5.42. The predicted octanol–water partition coefficient (Wildman–Crippen LogP) is 3.92. The van der Waals surface area contributed by atoms with Crippen molar-refractivity contribution in [1.82, 2.24) is 0 Å². The minimum absolute atomic E-state index is 0.886. The van der Waals surface area contributed by atoms with Crippen LogP contribution >= 0.6 is 18.7 Å². The molecule has 0 spiro atoms. The SMILES string of the molecule is ClP1Oc2ccccc2-c2ccccc21. The zero-order valence-electron chi connectivity index (χ0n) is 7.85. The van der Waals surface area contributed by atoms with Gasteiger partial charge in [-0.25, -0.2) is 0 Å². The van der Waals surface area contributed by atoms with Gasteiger partial charge in [-0.1, -0.05) is 36.4 Å². The van der Waals surface area contributed by atoms with E-state index in [1.807, 2.05) is 36.4 Å². The van der Waals surface area contributed by atoms with Crippen LogP contribution in [-0.2, 0) is 0 Å². The Balaban J connectivity index is 2.30. The third-order valence-electron chi connectivity index (χ3n) is 2.45. The first kappa shape index (κ1) is 9.21. The molecule has 3 heteroatoms. The van der Waals surface area contributed by atoms with E-state index in [0.717, 1.165) is 16.6 Å². The fraction of sp³-hybridized carbons (Fsp3) is 0. The molecule has 0 radical (unpaired) electrons. The highest BCUT2D eigenvalue weighted by atomic mass is 35.7. The van der Waals surface area contributed by atoms with E-state index in [0.29, 0.717) is 0 Å². The zero-order chi connectivity index (χ0) is 10.3. The normalized spacial score (nSPS) is 17.5. The molecule has 15 heavy (non-hydrogen) atoms. The lowest BCUT2D eigenvalue weighted by molar-refractivity contribution is 0.633. The summed E-state index contributed by atoms with van der Waals surface area (Å²) in [5, 5.41) is 1.10. The Morgan fingerprint density at radius 1 is 0.867 bits per heavy atom. The number of benzene rings is 2. The van der Waals surface area contributed by atoms with E-state index in [1.165, 1.54) is 5.56 Å². The first-order valence-electron chi connectivity index (χ1n) is 4.68. The zero-order valence-corrected chi connectivity index (χ0v) is 9.50. The smallest absolute Gasteiger partial charge is 0.215 e. The monoisotopic (exact) mass is 234 g/mol. The van der Waals surface area contributed by atoms with Crippen LogP contribution in [0, 0.1) is 0 Å². The van der Waals surface area contributed by atoms with Crippen LogP contribution in [0.1, 0.15) is 0 Å². The van der Waals surface area contributed by atoms with E-state index in [9.17, 15) is 0 Å².